The largest absolute Gasteiger partial charge is 0.507 e. The summed E-state index contributed by atoms with van der Waals surface area (Å²) in [7, 11) is 0. The first-order valence-corrected chi connectivity index (χ1v) is 5.80. The maximum atomic E-state index is 9.38. The minimum Gasteiger partial charge on any atom is -0.507 e. The third kappa shape index (κ3) is 2.03. The van der Waals surface area contributed by atoms with E-state index < -0.39 is 0 Å². The van der Waals surface area contributed by atoms with Crippen LogP contribution in [0.15, 0.2) is 22.7 Å². The quantitative estimate of drug-likeness (QED) is 0.834. The van der Waals surface area contributed by atoms with Crippen LogP contribution in [0.4, 0.5) is 5.69 Å². The Hall–Kier alpha value is -0.700. The minimum atomic E-state index is 0.311. The molecule has 3 heteroatoms. The fourth-order valence-electron chi connectivity index (χ4n) is 1.84. The number of piperidine rings is 1. The van der Waals surface area contributed by atoms with Crippen molar-refractivity contribution >= 4 is 21.6 Å². The number of rotatable bonds is 1. The lowest BCUT2D eigenvalue weighted by molar-refractivity contribution is 0.471. The van der Waals surface area contributed by atoms with Crippen molar-refractivity contribution in [2.75, 3.05) is 18.0 Å². The molecular formula is C11H14BrNO. The molecular weight excluding hydrogens is 242 g/mol. The van der Waals surface area contributed by atoms with Gasteiger partial charge in [-0.15, -0.1) is 0 Å². The molecule has 0 aromatic heterocycles. The molecule has 0 radical (unpaired) electrons. The van der Waals surface area contributed by atoms with Crippen LogP contribution in [0.5, 0.6) is 5.75 Å². The van der Waals surface area contributed by atoms with Crippen molar-refractivity contribution in [2.45, 2.75) is 19.3 Å². The molecule has 1 N–H and O–H groups in total. The Bertz CT molecular complexity index is 321. The molecule has 2 rings (SSSR count). The Kier molecular flexibility index (Phi) is 2.96. The summed E-state index contributed by atoms with van der Waals surface area (Å²) in [6.07, 6.45) is 3.90. The average Bonchev–Trinajstić information content (AvgIpc) is 2.23. The number of anilines is 1. The van der Waals surface area contributed by atoms with Crippen LogP contribution >= 0.6 is 15.9 Å². The molecule has 14 heavy (non-hydrogen) atoms. The maximum absolute atomic E-state index is 9.38. The van der Waals surface area contributed by atoms with Crippen molar-refractivity contribution in [3.8, 4) is 5.75 Å². The molecule has 2 nitrogen and oxygen atoms in total. The minimum absolute atomic E-state index is 0.311. The van der Waals surface area contributed by atoms with Gasteiger partial charge in [0.1, 0.15) is 5.75 Å². The van der Waals surface area contributed by atoms with Crippen molar-refractivity contribution in [3.63, 3.8) is 0 Å². The van der Waals surface area contributed by atoms with E-state index in [9.17, 15) is 5.11 Å². The summed E-state index contributed by atoms with van der Waals surface area (Å²) in [5, 5.41) is 9.38. The zero-order valence-corrected chi connectivity index (χ0v) is 9.63. The summed E-state index contributed by atoms with van der Waals surface area (Å²) in [5.41, 5.74) is 1.20. The Balaban J connectivity index is 2.18. The highest BCUT2D eigenvalue weighted by molar-refractivity contribution is 9.10. The number of nitrogens with zero attached hydrogens (tertiary/aromatic N) is 1. The molecule has 1 aromatic carbocycles. The molecule has 0 spiro atoms. The number of aromatic hydroxyl groups is 1. The van der Waals surface area contributed by atoms with Gasteiger partial charge in [-0.1, -0.05) is 0 Å². The van der Waals surface area contributed by atoms with Gasteiger partial charge in [-0.2, -0.15) is 0 Å². The van der Waals surface area contributed by atoms with Crippen LogP contribution in [0.25, 0.3) is 0 Å². The van der Waals surface area contributed by atoms with Crippen molar-refractivity contribution < 1.29 is 5.11 Å². The van der Waals surface area contributed by atoms with E-state index in [-0.39, 0.29) is 0 Å². The van der Waals surface area contributed by atoms with E-state index in [1.165, 1.54) is 24.9 Å². The van der Waals surface area contributed by atoms with Gasteiger partial charge in [-0.25, -0.2) is 0 Å². The lowest BCUT2D eigenvalue weighted by Crippen LogP contribution is -2.29. The Morgan fingerprint density at radius 2 is 1.86 bits per heavy atom. The second-order valence-electron chi connectivity index (χ2n) is 3.68. The molecule has 1 saturated heterocycles. The van der Waals surface area contributed by atoms with Crippen molar-refractivity contribution in [2.24, 2.45) is 0 Å². The van der Waals surface area contributed by atoms with Crippen LogP contribution in [0.1, 0.15) is 19.3 Å². The van der Waals surface area contributed by atoms with E-state index in [0.717, 1.165) is 17.6 Å². The molecule has 1 fully saturated rings. The summed E-state index contributed by atoms with van der Waals surface area (Å²) in [6, 6.07) is 5.71. The van der Waals surface area contributed by atoms with Gasteiger partial charge in [0, 0.05) is 18.8 Å². The smallest absolute Gasteiger partial charge is 0.129 e. The van der Waals surface area contributed by atoms with Crippen molar-refractivity contribution in [3.05, 3.63) is 22.7 Å². The summed E-state index contributed by atoms with van der Waals surface area (Å²) in [6.45, 7) is 2.27. The van der Waals surface area contributed by atoms with Gasteiger partial charge in [-0.3, -0.25) is 0 Å². The second kappa shape index (κ2) is 4.22. The van der Waals surface area contributed by atoms with Crippen LogP contribution in [0.3, 0.4) is 0 Å². The molecule has 0 saturated carbocycles. The number of hydrogen-bond acceptors (Lipinski definition) is 2. The van der Waals surface area contributed by atoms with E-state index >= 15 is 0 Å². The predicted molar refractivity (Wildman–Crippen MR) is 61.9 cm³/mol. The van der Waals surface area contributed by atoms with Gasteiger partial charge in [0.15, 0.2) is 0 Å². The zero-order valence-electron chi connectivity index (χ0n) is 8.04. The van der Waals surface area contributed by atoms with Crippen molar-refractivity contribution in [1.82, 2.24) is 0 Å². The lowest BCUT2D eigenvalue weighted by Gasteiger charge is -2.28. The van der Waals surface area contributed by atoms with E-state index in [2.05, 4.69) is 20.8 Å². The number of phenolic OH excluding ortho intramolecular Hbond substituents is 1. The highest BCUT2D eigenvalue weighted by atomic mass is 79.9. The summed E-state index contributed by atoms with van der Waals surface area (Å²) < 4.78 is 0.778. The third-order valence-corrected chi connectivity index (χ3v) is 3.29. The molecule has 0 aliphatic carbocycles. The molecule has 0 bridgehead atoms. The summed E-state index contributed by atoms with van der Waals surface area (Å²) in [4.78, 5) is 2.37. The maximum Gasteiger partial charge on any atom is 0.129 e. The molecule has 0 unspecified atom stereocenters. The van der Waals surface area contributed by atoms with Crippen LogP contribution in [0.2, 0.25) is 0 Å². The van der Waals surface area contributed by atoms with Crippen LogP contribution < -0.4 is 4.90 Å². The summed E-state index contributed by atoms with van der Waals surface area (Å²) >= 11 is 3.34. The van der Waals surface area contributed by atoms with E-state index in [1.54, 1.807) is 6.07 Å². The first-order valence-electron chi connectivity index (χ1n) is 5.01. The standard InChI is InChI=1S/C11H14BrNO/c12-10-8-9(4-5-11(10)14)13-6-2-1-3-7-13/h4-5,8,14H,1-3,6-7H2. The highest BCUT2D eigenvalue weighted by Crippen LogP contribution is 2.29. The van der Waals surface area contributed by atoms with Gasteiger partial charge in [0.25, 0.3) is 0 Å². The molecule has 1 heterocycles. The van der Waals surface area contributed by atoms with Gasteiger partial charge in [0.05, 0.1) is 4.47 Å². The number of halogens is 1. The first kappa shape index (κ1) is 9.84. The highest BCUT2D eigenvalue weighted by Gasteiger charge is 2.11. The number of hydrogen-bond donors (Lipinski definition) is 1. The third-order valence-electron chi connectivity index (χ3n) is 2.65. The van der Waals surface area contributed by atoms with Gasteiger partial charge in [-0.05, 0) is 53.4 Å². The molecule has 0 amide bonds. The fraction of sp³-hybridized carbons (Fsp3) is 0.455. The molecule has 1 aliphatic heterocycles. The monoisotopic (exact) mass is 255 g/mol. The Morgan fingerprint density at radius 3 is 2.50 bits per heavy atom. The number of benzene rings is 1. The van der Waals surface area contributed by atoms with Crippen LogP contribution in [-0.4, -0.2) is 18.2 Å². The van der Waals surface area contributed by atoms with E-state index in [4.69, 9.17) is 0 Å². The normalized spacial score (nSPS) is 17.1. The second-order valence-corrected chi connectivity index (χ2v) is 4.54. The topological polar surface area (TPSA) is 23.5 Å². The SMILES string of the molecule is Oc1ccc(N2CCCCC2)cc1Br. The lowest BCUT2D eigenvalue weighted by atomic mass is 10.1. The Morgan fingerprint density at radius 1 is 1.14 bits per heavy atom. The number of phenols is 1. The fourth-order valence-corrected chi connectivity index (χ4v) is 2.21. The molecule has 76 valence electrons. The molecule has 0 atom stereocenters. The van der Waals surface area contributed by atoms with Gasteiger partial charge >= 0.3 is 0 Å². The van der Waals surface area contributed by atoms with Crippen molar-refractivity contribution in [1.29, 1.82) is 0 Å². The Labute approximate surface area is 92.7 Å². The molecule has 1 aliphatic rings. The molecule has 1 aromatic rings. The van der Waals surface area contributed by atoms with Gasteiger partial charge < -0.3 is 10.0 Å². The predicted octanol–water partition coefficient (Wildman–Crippen LogP) is 3.15. The van der Waals surface area contributed by atoms with E-state index in [0.29, 0.717) is 5.75 Å². The van der Waals surface area contributed by atoms with Crippen LogP contribution in [0, 0.1) is 0 Å². The summed E-state index contributed by atoms with van der Waals surface area (Å²) in [5.74, 6) is 0.311. The van der Waals surface area contributed by atoms with Gasteiger partial charge in [0.2, 0.25) is 0 Å². The van der Waals surface area contributed by atoms with Crippen LogP contribution in [-0.2, 0) is 0 Å². The average molecular weight is 256 g/mol. The zero-order chi connectivity index (χ0) is 9.97. The first-order chi connectivity index (χ1) is 6.77. The van der Waals surface area contributed by atoms with E-state index in [1.807, 2.05) is 12.1 Å².